The fraction of sp³-hybridized carbons (Fsp3) is 0.457. The van der Waals surface area contributed by atoms with E-state index in [2.05, 4.69) is 17.2 Å². The Bertz CT molecular complexity index is 1310. The minimum Gasteiger partial charge on any atom is -0.494 e. The lowest BCUT2D eigenvalue weighted by Gasteiger charge is -2.09. The zero-order chi connectivity index (χ0) is 31.4. The first-order valence-corrected chi connectivity index (χ1v) is 16.2. The summed E-state index contributed by atoms with van der Waals surface area (Å²) in [6, 6.07) is 17.2. The second-order valence-electron chi connectivity index (χ2n) is 10.9. The normalized spacial score (nSPS) is 11.1. The van der Waals surface area contributed by atoms with Gasteiger partial charge in [-0.3, -0.25) is 10.1 Å². The number of esters is 1. The predicted molar refractivity (Wildman–Crippen MR) is 176 cm³/mol. The number of benzene rings is 3. The average molecular weight is 622 g/mol. The molecule has 3 rings (SSSR count). The molecule has 0 aromatic heterocycles. The van der Waals surface area contributed by atoms with Crippen molar-refractivity contribution in [1.82, 2.24) is 0 Å². The molecule has 0 unspecified atom stereocenters. The van der Waals surface area contributed by atoms with Crippen molar-refractivity contribution >= 4 is 34.6 Å². The molecule has 236 valence electrons. The molecule has 8 nitrogen and oxygen atoms in total. The van der Waals surface area contributed by atoms with Crippen LogP contribution in [-0.4, -0.2) is 17.5 Å². The third-order valence-corrected chi connectivity index (χ3v) is 7.61. The number of non-ortho nitro benzene ring substituents is 1. The topological polar surface area (TPSA) is 103 Å². The van der Waals surface area contributed by atoms with Crippen LogP contribution in [0.4, 0.5) is 17.1 Å². The summed E-state index contributed by atoms with van der Waals surface area (Å²) < 4.78 is 11.3. The Morgan fingerprint density at radius 1 is 0.727 bits per heavy atom. The second kappa shape index (κ2) is 20.2. The SMILES string of the molecule is CCCCCCCCCCCCCCCCOc1ccc(C(=O)Oc2ccc(N=Nc3ccc([N+](=O)[O-])cc3)cc2Cl)cc1. The van der Waals surface area contributed by atoms with Crippen LogP contribution in [0.15, 0.2) is 77.0 Å². The van der Waals surface area contributed by atoms with Gasteiger partial charge >= 0.3 is 5.97 Å². The number of nitro groups is 1. The van der Waals surface area contributed by atoms with Crippen molar-refractivity contribution in [2.75, 3.05) is 6.61 Å². The third kappa shape index (κ3) is 13.2. The van der Waals surface area contributed by atoms with E-state index in [1.165, 1.54) is 114 Å². The number of ether oxygens (including phenoxy) is 2. The zero-order valence-electron chi connectivity index (χ0n) is 25.7. The van der Waals surface area contributed by atoms with E-state index >= 15 is 0 Å². The van der Waals surface area contributed by atoms with Gasteiger partial charge in [-0.25, -0.2) is 4.79 Å². The third-order valence-electron chi connectivity index (χ3n) is 7.32. The molecule has 44 heavy (non-hydrogen) atoms. The number of carbonyl (C=O) groups excluding carboxylic acids is 1. The fourth-order valence-corrected chi connectivity index (χ4v) is 4.94. The maximum absolute atomic E-state index is 12.6. The first kappa shape index (κ1) is 34.7. The highest BCUT2D eigenvalue weighted by Gasteiger charge is 2.12. The Balaban J connectivity index is 1.29. The fourth-order valence-electron chi connectivity index (χ4n) is 4.72. The molecular formula is C35H44ClN3O5. The molecular weight excluding hydrogens is 578 g/mol. The molecule has 3 aromatic carbocycles. The summed E-state index contributed by atoms with van der Waals surface area (Å²) in [5.41, 5.74) is 1.25. The molecule has 0 aliphatic rings. The van der Waals surface area contributed by atoms with Gasteiger partial charge in [0.05, 0.1) is 33.5 Å². The molecule has 0 aliphatic heterocycles. The summed E-state index contributed by atoms with van der Waals surface area (Å²) in [5.74, 6) is 0.381. The predicted octanol–water partition coefficient (Wildman–Crippen LogP) is 11.7. The Labute approximate surface area is 266 Å². The first-order chi connectivity index (χ1) is 21.5. The number of halogens is 1. The van der Waals surface area contributed by atoms with Crippen molar-refractivity contribution in [3.8, 4) is 11.5 Å². The first-order valence-electron chi connectivity index (χ1n) is 15.9. The quantitative estimate of drug-likeness (QED) is 0.0294. The average Bonchev–Trinajstić information content (AvgIpc) is 3.03. The van der Waals surface area contributed by atoms with Crippen molar-refractivity contribution in [2.24, 2.45) is 10.2 Å². The molecule has 0 heterocycles. The number of hydrogen-bond donors (Lipinski definition) is 0. The summed E-state index contributed by atoms with van der Waals surface area (Å²) in [6.45, 7) is 2.92. The summed E-state index contributed by atoms with van der Waals surface area (Å²) in [7, 11) is 0. The largest absolute Gasteiger partial charge is 0.494 e. The molecule has 0 amide bonds. The Morgan fingerprint density at radius 2 is 1.25 bits per heavy atom. The monoisotopic (exact) mass is 621 g/mol. The van der Waals surface area contributed by atoms with Crippen LogP contribution in [0.3, 0.4) is 0 Å². The number of carbonyl (C=O) groups is 1. The van der Waals surface area contributed by atoms with Gasteiger partial charge in [-0.15, -0.1) is 0 Å². The molecule has 0 saturated heterocycles. The molecule has 0 atom stereocenters. The Kier molecular flexibility index (Phi) is 16.0. The van der Waals surface area contributed by atoms with E-state index in [4.69, 9.17) is 21.1 Å². The molecule has 0 aliphatic carbocycles. The maximum Gasteiger partial charge on any atom is 0.343 e. The lowest BCUT2D eigenvalue weighted by molar-refractivity contribution is -0.384. The number of rotatable bonds is 21. The van der Waals surface area contributed by atoms with Gasteiger partial charge in [0, 0.05) is 12.1 Å². The smallest absolute Gasteiger partial charge is 0.343 e. The van der Waals surface area contributed by atoms with E-state index in [1.807, 2.05) is 0 Å². The van der Waals surface area contributed by atoms with Gasteiger partial charge in [0.15, 0.2) is 0 Å². The summed E-state index contributed by atoms with van der Waals surface area (Å²) in [6.07, 6.45) is 18.5. The summed E-state index contributed by atoms with van der Waals surface area (Å²) in [5, 5.41) is 19.1. The van der Waals surface area contributed by atoms with Gasteiger partial charge in [-0.05, 0) is 61.0 Å². The van der Waals surface area contributed by atoms with Crippen LogP contribution < -0.4 is 9.47 Å². The number of hydrogen-bond acceptors (Lipinski definition) is 7. The van der Waals surface area contributed by atoms with E-state index in [0.717, 1.165) is 12.2 Å². The van der Waals surface area contributed by atoms with Crippen molar-refractivity contribution in [2.45, 2.75) is 96.8 Å². The van der Waals surface area contributed by atoms with Gasteiger partial charge < -0.3 is 9.47 Å². The van der Waals surface area contributed by atoms with Crippen molar-refractivity contribution < 1.29 is 19.2 Å². The molecule has 9 heteroatoms. The minimum absolute atomic E-state index is 0.0273. The number of nitro benzene ring substituents is 1. The van der Waals surface area contributed by atoms with Crippen LogP contribution in [0, 0.1) is 10.1 Å². The van der Waals surface area contributed by atoms with Gasteiger partial charge in [0.2, 0.25) is 0 Å². The van der Waals surface area contributed by atoms with Crippen LogP contribution in [0.2, 0.25) is 5.02 Å². The van der Waals surface area contributed by atoms with Crippen LogP contribution in [0.25, 0.3) is 0 Å². The van der Waals surface area contributed by atoms with E-state index in [9.17, 15) is 14.9 Å². The van der Waals surface area contributed by atoms with E-state index in [1.54, 1.807) is 36.4 Å². The lowest BCUT2D eigenvalue weighted by atomic mass is 10.0. The number of azo groups is 1. The van der Waals surface area contributed by atoms with E-state index in [-0.39, 0.29) is 16.5 Å². The molecule has 0 fully saturated rings. The van der Waals surface area contributed by atoms with Crippen LogP contribution in [-0.2, 0) is 0 Å². The Hall–Kier alpha value is -3.78. The highest BCUT2D eigenvalue weighted by Crippen LogP contribution is 2.31. The van der Waals surface area contributed by atoms with Crippen LogP contribution >= 0.6 is 11.6 Å². The van der Waals surface area contributed by atoms with Gasteiger partial charge in [0.25, 0.3) is 5.69 Å². The van der Waals surface area contributed by atoms with Crippen LogP contribution in [0.5, 0.6) is 11.5 Å². The van der Waals surface area contributed by atoms with Gasteiger partial charge in [0.1, 0.15) is 11.5 Å². The van der Waals surface area contributed by atoms with Gasteiger partial charge in [-0.1, -0.05) is 102 Å². The molecule has 0 saturated carbocycles. The van der Waals surface area contributed by atoms with Crippen molar-refractivity contribution in [3.05, 3.63) is 87.4 Å². The highest BCUT2D eigenvalue weighted by molar-refractivity contribution is 6.32. The van der Waals surface area contributed by atoms with E-state index in [0.29, 0.717) is 23.5 Å². The molecule has 3 aromatic rings. The van der Waals surface area contributed by atoms with Crippen LogP contribution in [0.1, 0.15) is 107 Å². The van der Waals surface area contributed by atoms with Crippen molar-refractivity contribution in [3.63, 3.8) is 0 Å². The van der Waals surface area contributed by atoms with E-state index < -0.39 is 10.9 Å². The second-order valence-corrected chi connectivity index (χ2v) is 11.4. The zero-order valence-corrected chi connectivity index (χ0v) is 26.5. The number of nitrogens with zero attached hydrogens (tertiary/aromatic N) is 3. The molecule has 0 radical (unpaired) electrons. The summed E-state index contributed by atoms with van der Waals surface area (Å²) in [4.78, 5) is 22.9. The summed E-state index contributed by atoms with van der Waals surface area (Å²) >= 11 is 6.30. The van der Waals surface area contributed by atoms with Gasteiger partial charge in [-0.2, -0.15) is 10.2 Å². The standard InChI is InChI=1S/C35H44ClN3O5/c1-2-3-4-5-6-7-8-9-10-11-12-13-14-15-26-43-32-23-16-28(17-24-32)35(40)44-34-25-20-30(27-33(34)36)38-37-29-18-21-31(22-19-29)39(41)42/h16-25,27H,2-15,26H2,1H3. The number of unbranched alkanes of at least 4 members (excludes halogenated alkanes) is 13. The molecule has 0 spiro atoms. The maximum atomic E-state index is 12.6. The minimum atomic E-state index is -0.536. The highest BCUT2D eigenvalue weighted by atomic mass is 35.5. The lowest BCUT2D eigenvalue weighted by Crippen LogP contribution is -2.08. The molecule has 0 bridgehead atoms. The Morgan fingerprint density at radius 3 is 1.80 bits per heavy atom. The molecule has 0 N–H and O–H groups in total. The van der Waals surface area contributed by atoms with Crippen molar-refractivity contribution in [1.29, 1.82) is 0 Å².